The molecule has 27 heavy (non-hydrogen) atoms. The number of hydrogen-bond acceptors (Lipinski definition) is 4. The Balaban J connectivity index is 2.01. The third-order valence-corrected chi connectivity index (χ3v) is 4.54. The average Bonchev–Trinajstić information content (AvgIpc) is 2.61. The normalized spacial score (nSPS) is 18.6. The number of hydrogen-bond donors (Lipinski definition) is 4. The minimum Gasteiger partial charge on any atom is -0.480 e. The van der Waals surface area contributed by atoms with Gasteiger partial charge in [-0.15, -0.1) is 0 Å². The third kappa shape index (κ3) is 4.42. The molecule has 0 bridgehead atoms. The number of nitriles is 1. The lowest BCUT2D eigenvalue weighted by Gasteiger charge is -2.30. The number of anilines is 2. The van der Waals surface area contributed by atoms with Crippen LogP contribution in [0.5, 0.6) is 0 Å². The highest BCUT2D eigenvalue weighted by Gasteiger charge is 2.33. The number of aliphatic carboxylic acids is 1. The Morgan fingerprint density at radius 3 is 2.70 bits per heavy atom. The number of carboxylic acid groups (broad SMARTS) is 1. The summed E-state index contributed by atoms with van der Waals surface area (Å²) in [5.41, 5.74) is 1.87. The molecular formula is C18H15Cl2N5O2. The third-order valence-electron chi connectivity index (χ3n) is 4.01. The number of benzene rings is 2. The molecule has 1 aliphatic rings. The Hall–Kier alpha value is -2.95. The highest BCUT2D eigenvalue weighted by atomic mass is 35.5. The van der Waals surface area contributed by atoms with Gasteiger partial charge in [0.1, 0.15) is 6.04 Å². The molecule has 3 rings (SSSR count). The molecule has 9 heteroatoms. The Morgan fingerprint density at radius 1 is 1.30 bits per heavy atom. The number of nitrogens with one attached hydrogen (secondary N) is 3. The average molecular weight is 404 g/mol. The summed E-state index contributed by atoms with van der Waals surface area (Å²) < 4.78 is 0. The van der Waals surface area contributed by atoms with E-state index in [0.29, 0.717) is 21.3 Å². The van der Waals surface area contributed by atoms with E-state index in [0.717, 1.165) is 5.69 Å². The zero-order valence-electron chi connectivity index (χ0n) is 13.9. The molecule has 0 saturated carbocycles. The maximum Gasteiger partial charge on any atom is 0.326 e. The van der Waals surface area contributed by atoms with Gasteiger partial charge in [-0.1, -0.05) is 41.4 Å². The molecular weight excluding hydrogens is 389 g/mol. The number of carbonyl (C=O) groups is 1. The van der Waals surface area contributed by atoms with E-state index in [1.54, 1.807) is 12.1 Å². The quantitative estimate of drug-likeness (QED) is 0.268. The molecule has 0 saturated heterocycles. The number of para-hydroxylation sites is 1. The van der Waals surface area contributed by atoms with Crippen molar-refractivity contribution in [3.8, 4) is 6.19 Å². The first-order chi connectivity index (χ1) is 13.0. The summed E-state index contributed by atoms with van der Waals surface area (Å²) in [4.78, 5) is 16.0. The van der Waals surface area contributed by atoms with E-state index < -0.39 is 18.1 Å². The number of nitrogens with zero attached hydrogens (tertiary/aromatic N) is 2. The lowest BCUT2D eigenvalue weighted by Crippen LogP contribution is -2.36. The van der Waals surface area contributed by atoms with Crippen LogP contribution in [-0.4, -0.2) is 23.1 Å². The Morgan fingerprint density at radius 2 is 2.04 bits per heavy atom. The van der Waals surface area contributed by atoms with Gasteiger partial charge in [0.25, 0.3) is 0 Å². The maximum atomic E-state index is 11.5. The van der Waals surface area contributed by atoms with Gasteiger partial charge in [0.2, 0.25) is 5.96 Å². The zero-order chi connectivity index (χ0) is 19.4. The molecule has 138 valence electrons. The van der Waals surface area contributed by atoms with Gasteiger partial charge in [-0.3, -0.25) is 5.32 Å². The summed E-state index contributed by atoms with van der Waals surface area (Å²) >= 11 is 12.4. The molecule has 2 atom stereocenters. The fourth-order valence-corrected chi connectivity index (χ4v) is 3.49. The predicted octanol–water partition coefficient (Wildman–Crippen LogP) is 3.84. The van der Waals surface area contributed by atoms with Crippen LogP contribution in [0, 0.1) is 11.5 Å². The summed E-state index contributed by atoms with van der Waals surface area (Å²) in [6.07, 6.45) is 1.99. The Kier molecular flexibility index (Phi) is 5.69. The van der Waals surface area contributed by atoms with E-state index in [1.807, 2.05) is 36.5 Å². The molecule has 0 amide bonds. The highest BCUT2D eigenvalue weighted by molar-refractivity contribution is 6.35. The first kappa shape index (κ1) is 18.8. The Labute approximate surface area is 165 Å². The topological polar surface area (TPSA) is 110 Å². The van der Waals surface area contributed by atoms with E-state index in [-0.39, 0.29) is 12.4 Å². The van der Waals surface area contributed by atoms with Crippen LogP contribution in [0.1, 0.15) is 18.0 Å². The second kappa shape index (κ2) is 8.16. The second-order valence-corrected chi connectivity index (χ2v) is 6.68. The lowest BCUT2D eigenvalue weighted by molar-refractivity contribution is -0.138. The molecule has 1 heterocycles. The largest absolute Gasteiger partial charge is 0.480 e. The number of aliphatic imine (C=N–C) groups is 1. The van der Waals surface area contributed by atoms with Gasteiger partial charge >= 0.3 is 5.97 Å². The first-order valence-electron chi connectivity index (χ1n) is 8.01. The molecule has 0 unspecified atom stereocenters. The molecule has 4 N–H and O–H groups in total. The number of guanidine groups is 1. The number of rotatable bonds is 3. The van der Waals surface area contributed by atoms with Crippen LogP contribution in [-0.2, 0) is 4.79 Å². The number of halogens is 2. The van der Waals surface area contributed by atoms with Gasteiger partial charge in [-0.25, -0.2) is 9.79 Å². The van der Waals surface area contributed by atoms with Gasteiger partial charge in [0.15, 0.2) is 6.19 Å². The fraction of sp³-hybridized carbons (Fsp3) is 0.167. The highest BCUT2D eigenvalue weighted by Crippen LogP contribution is 2.41. The van der Waals surface area contributed by atoms with Gasteiger partial charge in [0.05, 0.1) is 6.04 Å². The first-order valence-corrected chi connectivity index (χ1v) is 8.76. The van der Waals surface area contributed by atoms with Crippen LogP contribution < -0.4 is 16.0 Å². The molecule has 0 spiro atoms. The molecule has 1 aliphatic heterocycles. The molecule has 0 radical (unpaired) electrons. The molecule has 2 aromatic carbocycles. The van der Waals surface area contributed by atoms with Crippen molar-refractivity contribution in [2.75, 3.05) is 10.6 Å². The predicted molar refractivity (Wildman–Crippen MR) is 105 cm³/mol. The monoisotopic (exact) mass is 403 g/mol. The smallest absolute Gasteiger partial charge is 0.326 e. The Bertz CT molecular complexity index is 927. The van der Waals surface area contributed by atoms with Gasteiger partial charge < -0.3 is 15.7 Å². The van der Waals surface area contributed by atoms with Crippen molar-refractivity contribution in [3.63, 3.8) is 0 Å². The van der Waals surface area contributed by atoms with E-state index >= 15 is 0 Å². The van der Waals surface area contributed by atoms with Crippen LogP contribution >= 0.6 is 23.2 Å². The van der Waals surface area contributed by atoms with Crippen molar-refractivity contribution in [1.29, 1.82) is 5.26 Å². The van der Waals surface area contributed by atoms with Crippen molar-refractivity contribution in [3.05, 3.63) is 58.1 Å². The van der Waals surface area contributed by atoms with Crippen LogP contribution in [0.4, 0.5) is 11.4 Å². The van der Waals surface area contributed by atoms with Crippen LogP contribution in [0.25, 0.3) is 0 Å². The van der Waals surface area contributed by atoms with Crippen molar-refractivity contribution in [2.45, 2.75) is 18.5 Å². The molecule has 0 aliphatic carbocycles. The fourth-order valence-electron chi connectivity index (χ4n) is 2.87. The second-order valence-electron chi connectivity index (χ2n) is 5.84. The van der Waals surface area contributed by atoms with Crippen molar-refractivity contribution < 1.29 is 9.90 Å². The van der Waals surface area contributed by atoms with Crippen LogP contribution in [0.3, 0.4) is 0 Å². The zero-order valence-corrected chi connectivity index (χ0v) is 15.4. The number of fused-ring (bicyclic) bond motifs is 1. The minimum atomic E-state index is -1.01. The molecule has 7 nitrogen and oxygen atoms in total. The summed E-state index contributed by atoms with van der Waals surface area (Å²) in [6, 6.07) is 10.9. The van der Waals surface area contributed by atoms with Crippen molar-refractivity contribution in [1.82, 2.24) is 5.32 Å². The molecule has 2 aromatic rings. The van der Waals surface area contributed by atoms with Crippen LogP contribution in [0.2, 0.25) is 10.0 Å². The molecule has 0 aromatic heterocycles. The maximum absolute atomic E-state index is 11.5. The van der Waals surface area contributed by atoms with Gasteiger partial charge in [0, 0.05) is 33.4 Å². The van der Waals surface area contributed by atoms with E-state index in [4.69, 9.17) is 28.5 Å². The summed E-state index contributed by atoms with van der Waals surface area (Å²) in [5, 5.41) is 27.7. The lowest BCUT2D eigenvalue weighted by atomic mass is 9.93. The van der Waals surface area contributed by atoms with E-state index in [9.17, 15) is 9.90 Å². The standard InChI is InChI=1S/C18H15Cl2N5O2/c19-10-6-12(20)16-13(7-10)24-15(17(26)27)8-14(16)25-18(22-9-21)23-11-4-2-1-3-5-11/h1-7,14-15,24H,8H2,(H,26,27)(H2,22,23,25)/t14-,15+/m0/s1. The number of carboxylic acids is 1. The molecule has 0 fully saturated rings. The van der Waals surface area contributed by atoms with Gasteiger partial charge in [-0.2, -0.15) is 5.26 Å². The van der Waals surface area contributed by atoms with Crippen molar-refractivity contribution >= 4 is 46.5 Å². The summed E-state index contributed by atoms with van der Waals surface area (Å²) in [7, 11) is 0. The van der Waals surface area contributed by atoms with E-state index in [1.165, 1.54) is 0 Å². The summed E-state index contributed by atoms with van der Waals surface area (Å²) in [5.74, 6) is -0.820. The van der Waals surface area contributed by atoms with Crippen LogP contribution in [0.15, 0.2) is 47.5 Å². The SMILES string of the molecule is N#CNC(=N[C@H]1C[C@H](C(=O)O)Nc2cc(Cl)cc(Cl)c21)Nc1ccccc1. The summed E-state index contributed by atoms with van der Waals surface area (Å²) in [6.45, 7) is 0. The van der Waals surface area contributed by atoms with Crippen molar-refractivity contribution in [2.24, 2.45) is 4.99 Å². The minimum absolute atomic E-state index is 0.163. The van der Waals surface area contributed by atoms with Gasteiger partial charge in [-0.05, 0) is 24.3 Å². The van der Waals surface area contributed by atoms with E-state index in [2.05, 4.69) is 20.9 Å².